The molecule has 0 bridgehead atoms. The standard InChI is InChI=1S/C14H22N2OS/c1-10-8-12(11(2)18-10)4-3-5-14(17)16-7-6-13(15)9-16/h8,13H,3-7,9,15H2,1-2H3/t13-/m0/s1. The number of aryl methyl sites for hydroxylation is 3. The van der Waals surface area contributed by atoms with E-state index >= 15 is 0 Å². The summed E-state index contributed by atoms with van der Waals surface area (Å²) in [6, 6.07) is 2.44. The number of nitrogens with zero attached hydrogens (tertiary/aromatic N) is 1. The van der Waals surface area contributed by atoms with E-state index in [1.165, 1.54) is 15.3 Å². The number of thiophene rings is 1. The van der Waals surface area contributed by atoms with Gasteiger partial charge in [0.15, 0.2) is 0 Å². The zero-order chi connectivity index (χ0) is 13.1. The molecule has 0 unspecified atom stereocenters. The Balaban J connectivity index is 1.75. The van der Waals surface area contributed by atoms with Gasteiger partial charge in [-0.05, 0) is 44.7 Å². The lowest BCUT2D eigenvalue weighted by Crippen LogP contribution is -2.31. The Labute approximate surface area is 113 Å². The lowest BCUT2D eigenvalue weighted by Gasteiger charge is -2.15. The lowest BCUT2D eigenvalue weighted by atomic mass is 10.1. The smallest absolute Gasteiger partial charge is 0.222 e. The number of hydrogen-bond donors (Lipinski definition) is 1. The maximum Gasteiger partial charge on any atom is 0.222 e. The topological polar surface area (TPSA) is 46.3 Å². The molecular formula is C14H22N2OS. The minimum absolute atomic E-state index is 0.190. The van der Waals surface area contributed by atoms with Crippen LogP contribution in [0.1, 0.15) is 34.6 Å². The summed E-state index contributed by atoms with van der Waals surface area (Å²) >= 11 is 1.84. The summed E-state index contributed by atoms with van der Waals surface area (Å²) in [6.45, 7) is 5.89. The van der Waals surface area contributed by atoms with Gasteiger partial charge in [0.1, 0.15) is 0 Å². The maximum absolute atomic E-state index is 11.9. The molecule has 3 nitrogen and oxygen atoms in total. The van der Waals surface area contributed by atoms with Crippen LogP contribution in [0.5, 0.6) is 0 Å². The van der Waals surface area contributed by atoms with Crippen molar-refractivity contribution < 1.29 is 4.79 Å². The van der Waals surface area contributed by atoms with Gasteiger partial charge in [0.2, 0.25) is 5.91 Å². The number of hydrogen-bond acceptors (Lipinski definition) is 3. The van der Waals surface area contributed by atoms with Gasteiger partial charge in [0.05, 0.1) is 0 Å². The van der Waals surface area contributed by atoms with Gasteiger partial charge >= 0.3 is 0 Å². The highest BCUT2D eigenvalue weighted by molar-refractivity contribution is 7.12. The van der Waals surface area contributed by atoms with Crippen LogP contribution >= 0.6 is 11.3 Å². The third kappa shape index (κ3) is 3.33. The number of amides is 1. The number of carbonyl (C=O) groups excluding carboxylic acids is 1. The Kier molecular flexibility index (Phi) is 4.40. The van der Waals surface area contributed by atoms with Crippen molar-refractivity contribution in [1.29, 1.82) is 0 Å². The highest BCUT2D eigenvalue weighted by Crippen LogP contribution is 2.22. The van der Waals surface area contributed by atoms with E-state index < -0.39 is 0 Å². The van der Waals surface area contributed by atoms with E-state index in [9.17, 15) is 4.79 Å². The molecule has 0 spiro atoms. The number of rotatable bonds is 4. The van der Waals surface area contributed by atoms with Gasteiger partial charge in [-0.3, -0.25) is 4.79 Å². The molecule has 1 saturated heterocycles. The first-order valence-electron chi connectivity index (χ1n) is 6.65. The van der Waals surface area contributed by atoms with E-state index in [4.69, 9.17) is 5.73 Å². The molecule has 100 valence electrons. The zero-order valence-corrected chi connectivity index (χ0v) is 12.1. The predicted octanol–water partition coefficient (Wildman–Crippen LogP) is 2.25. The first kappa shape index (κ1) is 13.6. The summed E-state index contributed by atoms with van der Waals surface area (Å²) in [4.78, 5) is 16.6. The van der Waals surface area contributed by atoms with Crippen molar-refractivity contribution in [3.63, 3.8) is 0 Å². The first-order chi connectivity index (χ1) is 8.56. The molecule has 2 N–H and O–H groups in total. The summed E-state index contributed by atoms with van der Waals surface area (Å²) in [5.74, 6) is 0.271. The monoisotopic (exact) mass is 266 g/mol. The van der Waals surface area contributed by atoms with Crippen molar-refractivity contribution in [2.75, 3.05) is 13.1 Å². The molecule has 1 atom stereocenters. The second kappa shape index (κ2) is 5.85. The second-order valence-electron chi connectivity index (χ2n) is 5.18. The first-order valence-corrected chi connectivity index (χ1v) is 7.47. The van der Waals surface area contributed by atoms with Crippen molar-refractivity contribution in [3.05, 3.63) is 21.4 Å². The molecule has 0 aromatic carbocycles. The van der Waals surface area contributed by atoms with Crippen molar-refractivity contribution in [2.45, 2.75) is 45.6 Å². The fourth-order valence-corrected chi connectivity index (χ4v) is 3.51. The van der Waals surface area contributed by atoms with E-state index in [-0.39, 0.29) is 11.9 Å². The highest BCUT2D eigenvalue weighted by Gasteiger charge is 2.22. The maximum atomic E-state index is 11.9. The number of likely N-dealkylation sites (tertiary alicyclic amines) is 1. The van der Waals surface area contributed by atoms with E-state index in [1.807, 2.05) is 16.2 Å². The fraction of sp³-hybridized carbons (Fsp3) is 0.643. The third-order valence-corrected chi connectivity index (χ3v) is 4.57. The van der Waals surface area contributed by atoms with Crippen LogP contribution in [0.2, 0.25) is 0 Å². The quantitative estimate of drug-likeness (QED) is 0.908. The Hall–Kier alpha value is -0.870. The average Bonchev–Trinajstić information content (AvgIpc) is 2.86. The molecule has 2 rings (SSSR count). The van der Waals surface area contributed by atoms with Gasteiger partial charge in [-0.2, -0.15) is 0 Å². The molecule has 1 fully saturated rings. The molecule has 0 radical (unpaired) electrons. The Morgan fingerprint density at radius 2 is 2.33 bits per heavy atom. The van der Waals surface area contributed by atoms with Crippen molar-refractivity contribution in [2.24, 2.45) is 5.73 Å². The highest BCUT2D eigenvalue weighted by atomic mass is 32.1. The number of carbonyl (C=O) groups is 1. The molecular weight excluding hydrogens is 244 g/mol. The largest absolute Gasteiger partial charge is 0.341 e. The molecule has 1 aromatic heterocycles. The van der Waals surface area contributed by atoms with Gasteiger partial charge in [-0.1, -0.05) is 0 Å². The third-order valence-electron chi connectivity index (χ3n) is 3.56. The van der Waals surface area contributed by atoms with Gasteiger partial charge < -0.3 is 10.6 Å². The molecule has 0 saturated carbocycles. The van der Waals surface area contributed by atoms with E-state index in [2.05, 4.69) is 19.9 Å². The predicted molar refractivity (Wildman–Crippen MR) is 75.9 cm³/mol. The van der Waals surface area contributed by atoms with Crippen molar-refractivity contribution >= 4 is 17.2 Å². The van der Waals surface area contributed by atoms with Crippen LogP contribution in [0.4, 0.5) is 0 Å². The van der Waals surface area contributed by atoms with E-state index in [0.29, 0.717) is 6.42 Å². The van der Waals surface area contributed by atoms with Crippen LogP contribution in [-0.4, -0.2) is 29.9 Å². The number of nitrogens with two attached hydrogens (primary N) is 1. The summed E-state index contributed by atoms with van der Waals surface area (Å²) in [7, 11) is 0. The van der Waals surface area contributed by atoms with Gasteiger partial charge in [-0.25, -0.2) is 0 Å². The minimum Gasteiger partial charge on any atom is -0.341 e. The molecule has 18 heavy (non-hydrogen) atoms. The summed E-state index contributed by atoms with van der Waals surface area (Å²) in [5.41, 5.74) is 7.22. The zero-order valence-electron chi connectivity index (χ0n) is 11.2. The normalized spacial score (nSPS) is 19.5. The van der Waals surface area contributed by atoms with Crippen LogP contribution in [0.3, 0.4) is 0 Å². The van der Waals surface area contributed by atoms with Crippen LogP contribution in [0.25, 0.3) is 0 Å². The van der Waals surface area contributed by atoms with Gasteiger partial charge in [0.25, 0.3) is 0 Å². The Morgan fingerprint density at radius 3 is 2.89 bits per heavy atom. The Bertz CT molecular complexity index is 427. The summed E-state index contributed by atoms with van der Waals surface area (Å²) < 4.78 is 0. The molecule has 2 heterocycles. The molecule has 1 aliphatic heterocycles. The molecule has 1 amide bonds. The molecule has 1 aromatic rings. The summed E-state index contributed by atoms with van der Waals surface area (Å²) in [5, 5.41) is 0. The lowest BCUT2D eigenvalue weighted by molar-refractivity contribution is -0.130. The molecule has 0 aliphatic carbocycles. The van der Waals surface area contributed by atoms with Crippen molar-refractivity contribution in [3.8, 4) is 0 Å². The van der Waals surface area contributed by atoms with Gasteiger partial charge in [-0.15, -0.1) is 11.3 Å². The van der Waals surface area contributed by atoms with Crippen LogP contribution in [-0.2, 0) is 11.2 Å². The van der Waals surface area contributed by atoms with Crippen LogP contribution in [0.15, 0.2) is 6.07 Å². The van der Waals surface area contributed by atoms with Crippen LogP contribution < -0.4 is 5.73 Å². The molecule has 1 aliphatic rings. The van der Waals surface area contributed by atoms with E-state index in [0.717, 1.165) is 32.4 Å². The Morgan fingerprint density at radius 1 is 1.56 bits per heavy atom. The SMILES string of the molecule is Cc1cc(CCCC(=O)N2CC[C@H](N)C2)c(C)s1. The van der Waals surface area contributed by atoms with Crippen molar-refractivity contribution in [1.82, 2.24) is 4.90 Å². The van der Waals surface area contributed by atoms with E-state index in [1.54, 1.807) is 0 Å². The second-order valence-corrected chi connectivity index (χ2v) is 6.64. The minimum atomic E-state index is 0.190. The fourth-order valence-electron chi connectivity index (χ4n) is 2.53. The van der Waals surface area contributed by atoms with Gasteiger partial charge in [0, 0.05) is 35.3 Å². The average molecular weight is 266 g/mol. The molecule has 4 heteroatoms. The van der Waals surface area contributed by atoms with Crippen LogP contribution in [0, 0.1) is 13.8 Å². The summed E-state index contributed by atoms with van der Waals surface area (Å²) in [6.07, 6.45) is 3.57.